The van der Waals surface area contributed by atoms with Crippen LogP contribution in [0.2, 0.25) is 0 Å². The maximum atomic E-state index is 10.7. The fraction of sp³-hybridized carbons (Fsp3) is 0.100. The molecule has 1 heterocycles. The number of hydrogen-bond donors (Lipinski definition) is 1. The monoisotopic (exact) mass is 280 g/mol. The fourth-order valence-electron chi connectivity index (χ4n) is 1.06. The summed E-state index contributed by atoms with van der Waals surface area (Å²) < 4.78 is 57.5. The third-order valence-electron chi connectivity index (χ3n) is 1.86. The Labute approximate surface area is 101 Å². The van der Waals surface area contributed by atoms with Crippen LogP contribution in [-0.2, 0) is 10.1 Å². The van der Waals surface area contributed by atoms with Gasteiger partial charge in [-0.05, 0) is 12.1 Å². The van der Waals surface area contributed by atoms with E-state index in [1.165, 1.54) is 10.9 Å². The molecule has 8 heteroatoms. The number of rotatable bonds is 0. The van der Waals surface area contributed by atoms with E-state index in [1.54, 1.807) is 0 Å². The summed E-state index contributed by atoms with van der Waals surface area (Å²) >= 11 is 0. The molecule has 0 fully saturated rings. The molecule has 0 spiro atoms. The summed E-state index contributed by atoms with van der Waals surface area (Å²) in [5, 5.41) is 1.25. The maximum absolute atomic E-state index is 10.7. The highest BCUT2D eigenvalue weighted by Crippen LogP contribution is 2.20. The lowest BCUT2D eigenvalue weighted by atomic mass is 10.2. The number of H-pyrrole nitrogens is 1. The van der Waals surface area contributed by atoms with Gasteiger partial charge >= 0.3 is 15.6 Å². The van der Waals surface area contributed by atoms with Gasteiger partial charge in [-0.15, -0.1) is 0 Å². The predicted octanol–water partition coefficient (Wildman–Crippen LogP) is 2.05. The molecule has 0 atom stereocenters. The summed E-state index contributed by atoms with van der Waals surface area (Å²) in [5.41, 5.74) is -4.35. The number of benzene rings is 1. The number of aromatic nitrogens is 1. The average molecular weight is 280 g/mol. The van der Waals surface area contributed by atoms with Crippen molar-refractivity contribution in [2.24, 2.45) is 0 Å². The van der Waals surface area contributed by atoms with Crippen molar-refractivity contribution in [1.82, 2.24) is 0 Å². The first-order chi connectivity index (χ1) is 8.22. The topological polar surface area (TPSA) is 68.5 Å². The second-order valence-electron chi connectivity index (χ2n) is 3.18. The number of hydrogen-bond acceptors (Lipinski definition) is 2. The Morgan fingerprint density at radius 1 is 1.06 bits per heavy atom. The Bertz CT molecular complexity index is 560. The third-order valence-corrected chi connectivity index (χ3v) is 2.45. The van der Waals surface area contributed by atoms with Gasteiger partial charge in [0.05, 0.1) is 0 Å². The van der Waals surface area contributed by atoms with Gasteiger partial charge in [-0.2, -0.15) is 21.6 Å². The summed E-state index contributed by atoms with van der Waals surface area (Å²) in [4.78, 5) is 3.15. The molecule has 4 nitrogen and oxygen atoms in total. The van der Waals surface area contributed by atoms with Crippen molar-refractivity contribution < 1.29 is 31.1 Å². The fourth-order valence-corrected chi connectivity index (χ4v) is 1.06. The van der Waals surface area contributed by atoms with Gasteiger partial charge in [0.25, 0.3) is 0 Å². The van der Waals surface area contributed by atoms with Crippen molar-refractivity contribution in [1.29, 1.82) is 0 Å². The zero-order chi connectivity index (χ0) is 13.8. The first-order valence-electron chi connectivity index (χ1n) is 4.61. The van der Waals surface area contributed by atoms with Gasteiger partial charge in [0, 0.05) is 17.5 Å². The van der Waals surface area contributed by atoms with Gasteiger partial charge in [-0.3, -0.25) is 4.55 Å². The largest absolute Gasteiger partial charge is 0.522 e. The molecule has 2 aromatic rings. The van der Waals surface area contributed by atoms with Crippen molar-refractivity contribution in [2.75, 3.05) is 0 Å². The van der Waals surface area contributed by atoms with Crippen LogP contribution in [0, 0.1) is 0 Å². The summed E-state index contributed by atoms with van der Waals surface area (Å²) in [6.45, 7) is 0. The van der Waals surface area contributed by atoms with Crippen LogP contribution in [0.3, 0.4) is 0 Å². The molecule has 18 heavy (non-hydrogen) atoms. The van der Waals surface area contributed by atoms with E-state index in [0.29, 0.717) is 0 Å². The lowest BCUT2D eigenvalue weighted by Crippen LogP contribution is -2.21. The standard InChI is InChI=1S/C9H7N.CHF3O3S/c1-2-6-9-8(4-1)5-3-7-10-9;2-1(3,4)8(5,6)7/h1-7H;(H,5,6,7)/p+1. The molecule has 0 saturated carbocycles. The number of pyridine rings is 1. The molecule has 0 aliphatic carbocycles. The van der Waals surface area contributed by atoms with Crippen LogP contribution in [0.1, 0.15) is 0 Å². The lowest BCUT2D eigenvalue weighted by molar-refractivity contribution is -0.344. The van der Waals surface area contributed by atoms with Crippen LogP contribution in [0.15, 0.2) is 42.6 Å². The molecular formula is C10H9F3NO3S+. The lowest BCUT2D eigenvalue weighted by Gasteiger charge is -1.97. The zero-order valence-electron chi connectivity index (χ0n) is 8.85. The molecule has 0 radical (unpaired) electrons. The molecule has 1 aromatic carbocycles. The molecule has 0 amide bonds. The molecule has 2 rings (SSSR count). The number of fused-ring (bicyclic) bond motifs is 1. The van der Waals surface area contributed by atoms with Crippen LogP contribution >= 0.6 is 0 Å². The van der Waals surface area contributed by atoms with Crippen molar-refractivity contribution in [3.8, 4) is 0 Å². The van der Waals surface area contributed by atoms with Gasteiger partial charge in [0.1, 0.15) is 0 Å². The minimum Gasteiger partial charge on any atom is -0.279 e. The predicted molar refractivity (Wildman–Crippen MR) is 58.1 cm³/mol. The number of para-hydroxylation sites is 1. The Morgan fingerprint density at radius 2 is 1.56 bits per heavy atom. The van der Waals surface area contributed by atoms with Crippen LogP contribution in [0.4, 0.5) is 13.2 Å². The Hall–Kier alpha value is -1.67. The van der Waals surface area contributed by atoms with Gasteiger partial charge in [-0.25, -0.2) is 4.98 Å². The van der Waals surface area contributed by atoms with Gasteiger partial charge in [0.15, 0.2) is 6.20 Å². The van der Waals surface area contributed by atoms with Crippen LogP contribution in [0.25, 0.3) is 10.9 Å². The molecule has 2 N–H and O–H groups in total. The number of aromatic amines is 1. The zero-order valence-corrected chi connectivity index (χ0v) is 9.66. The van der Waals surface area contributed by atoms with Gasteiger partial charge < -0.3 is 0 Å². The molecule has 0 aliphatic heterocycles. The summed E-state index contributed by atoms with van der Waals surface area (Å²) in [6.07, 6.45) is 1.93. The maximum Gasteiger partial charge on any atom is 0.522 e. The smallest absolute Gasteiger partial charge is 0.279 e. The SMILES string of the molecule is O=S(=O)(O)C(F)(F)F.c1ccc2[nH+]cccc2c1. The van der Waals surface area contributed by atoms with Crippen molar-refractivity contribution in [3.63, 3.8) is 0 Å². The van der Waals surface area contributed by atoms with E-state index < -0.39 is 15.6 Å². The molecule has 1 aromatic heterocycles. The molecule has 0 aliphatic rings. The minimum absolute atomic E-state index is 1.19. The molecule has 0 saturated heterocycles. The van der Waals surface area contributed by atoms with Crippen molar-refractivity contribution in [2.45, 2.75) is 5.51 Å². The highest BCUT2D eigenvalue weighted by atomic mass is 32.2. The highest BCUT2D eigenvalue weighted by Gasteiger charge is 2.44. The quantitative estimate of drug-likeness (QED) is 0.593. The van der Waals surface area contributed by atoms with E-state index in [4.69, 9.17) is 13.0 Å². The third kappa shape index (κ3) is 3.97. The Morgan fingerprint density at radius 3 is 2.06 bits per heavy atom. The molecule has 0 unspecified atom stereocenters. The second kappa shape index (κ2) is 5.32. The van der Waals surface area contributed by atoms with Crippen LogP contribution in [0.5, 0.6) is 0 Å². The summed E-state index contributed by atoms with van der Waals surface area (Å²) in [7, 11) is -5.84. The van der Waals surface area contributed by atoms with E-state index in [-0.39, 0.29) is 0 Å². The van der Waals surface area contributed by atoms with E-state index in [2.05, 4.69) is 23.2 Å². The summed E-state index contributed by atoms with van der Waals surface area (Å²) in [6, 6.07) is 12.3. The minimum atomic E-state index is -5.84. The summed E-state index contributed by atoms with van der Waals surface area (Å²) in [5.74, 6) is 0. The van der Waals surface area contributed by atoms with Crippen molar-refractivity contribution >= 4 is 21.0 Å². The average Bonchev–Trinajstić information content (AvgIpc) is 2.27. The van der Waals surface area contributed by atoms with Crippen molar-refractivity contribution in [3.05, 3.63) is 42.6 Å². The Kier molecular flexibility index (Phi) is 4.25. The molecular weight excluding hydrogens is 271 g/mol. The van der Waals surface area contributed by atoms with E-state index in [9.17, 15) is 13.2 Å². The van der Waals surface area contributed by atoms with Crippen LogP contribution in [-0.4, -0.2) is 18.5 Å². The number of nitrogens with one attached hydrogen (secondary N) is 1. The van der Waals surface area contributed by atoms with E-state index in [1.807, 2.05) is 24.4 Å². The van der Waals surface area contributed by atoms with E-state index >= 15 is 0 Å². The normalized spacial score (nSPS) is 11.8. The van der Waals surface area contributed by atoms with Gasteiger partial charge in [0.2, 0.25) is 5.52 Å². The Balaban J connectivity index is 0.000000187. The molecule has 98 valence electrons. The molecule has 0 bridgehead atoms. The highest BCUT2D eigenvalue weighted by molar-refractivity contribution is 7.86. The van der Waals surface area contributed by atoms with Gasteiger partial charge in [-0.1, -0.05) is 12.1 Å². The first kappa shape index (κ1) is 14.4. The second-order valence-corrected chi connectivity index (χ2v) is 4.59. The van der Waals surface area contributed by atoms with E-state index in [0.717, 1.165) is 0 Å². The van der Waals surface area contributed by atoms with Crippen LogP contribution < -0.4 is 4.98 Å². The first-order valence-corrected chi connectivity index (χ1v) is 6.05. The number of alkyl halides is 3. The number of halogens is 3.